The normalized spacial score (nSPS) is 14.3. The van der Waals surface area contributed by atoms with Gasteiger partial charge < -0.3 is 0 Å². The van der Waals surface area contributed by atoms with Crippen molar-refractivity contribution in [1.82, 2.24) is 0 Å². The first-order valence-corrected chi connectivity index (χ1v) is 11.6. The molecule has 0 saturated heterocycles. The molecule has 2 aliphatic rings. The Kier molecular flexibility index (Phi) is 3.16. The number of rotatable bonds is 0. The fourth-order valence-electron chi connectivity index (χ4n) is 6.72. The Bertz CT molecular complexity index is 1630. The first-order valence-electron chi connectivity index (χ1n) is 11.6. The van der Waals surface area contributed by atoms with Gasteiger partial charge in [-0.15, -0.1) is 0 Å². The Hall–Kier alpha value is -4.16. The minimum absolute atomic E-state index is 0.352. The minimum atomic E-state index is -0.352. The molecule has 0 saturated carbocycles. The topological polar surface area (TPSA) is 0 Å². The maximum atomic E-state index is 2.37. The van der Waals surface area contributed by atoms with Crippen molar-refractivity contribution < 1.29 is 0 Å². The summed E-state index contributed by atoms with van der Waals surface area (Å²) in [5, 5.41) is 5.37. The lowest BCUT2D eigenvalue weighted by atomic mass is 9.56. The molecule has 0 amide bonds. The number of benzene rings is 6. The van der Waals surface area contributed by atoms with E-state index in [2.05, 4.69) is 121 Å². The van der Waals surface area contributed by atoms with Crippen LogP contribution in [-0.4, -0.2) is 0 Å². The summed E-state index contributed by atoms with van der Waals surface area (Å²) in [6.07, 6.45) is 0. The van der Waals surface area contributed by atoms with E-state index in [0.29, 0.717) is 0 Å². The van der Waals surface area contributed by atoms with Crippen LogP contribution in [0.15, 0.2) is 121 Å². The molecule has 0 heteroatoms. The van der Waals surface area contributed by atoms with E-state index in [-0.39, 0.29) is 5.41 Å². The molecule has 0 unspecified atom stereocenters. The minimum Gasteiger partial charge on any atom is -0.0619 e. The van der Waals surface area contributed by atoms with Gasteiger partial charge in [0.15, 0.2) is 0 Å². The SMILES string of the molecule is c1ccc2c(c1)-c1cccc3cccc(c13)C21c2ccccc2-c2cccc3cccc1c23. The summed E-state index contributed by atoms with van der Waals surface area (Å²) >= 11 is 0. The van der Waals surface area contributed by atoms with E-state index in [0.717, 1.165) is 0 Å². The Morgan fingerprint density at radius 2 is 0.667 bits per heavy atom. The molecule has 6 aromatic rings. The van der Waals surface area contributed by atoms with Crippen LogP contribution in [0.25, 0.3) is 43.8 Å². The summed E-state index contributed by atoms with van der Waals surface area (Å²) < 4.78 is 0. The van der Waals surface area contributed by atoms with Crippen LogP contribution >= 0.6 is 0 Å². The van der Waals surface area contributed by atoms with E-state index in [4.69, 9.17) is 0 Å². The molecule has 152 valence electrons. The molecule has 6 aromatic carbocycles. The predicted octanol–water partition coefficient (Wildman–Crippen LogP) is 8.34. The van der Waals surface area contributed by atoms with E-state index in [9.17, 15) is 0 Å². The number of hydrogen-bond donors (Lipinski definition) is 0. The molecule has 33 heavy (non-hydrogen) atoms. The van der Waals surface area contributed by atoms with Crippen molar-refractivity contribution in [3.05, 3.63) is 144 Å². The predicted molar refractivity (Wildman–Crippen MR) is 138 cm³/mol. The van der Waals surface area contributed by atoms with Gasteiger partial charge in [0.1, 0.15) is 0 Å². The van der Waals surface area contributed by atoms with Gasteiger partial charge in [0, 0.05) is 0 Å². The summed E-state index contributed by atoms with van der Waals surface area (Å²) in [6, 6.07) is 45.3. The van der Waals surface area contributed by atoms with Crippen molar-refractivity contribution in [2.45, 2.75) is 5.41 Å². The first-order chi connectivity index (χ1) is 16.4. The molecule has 0 aromatic heterocycles. The van der Waals surface area contributed by atoms with E-state index in [1.54, 1.807) is 0 Å². The van der Waals surface area contributed by atoms with E-state index in [1.807, 2.05) is 0 Å². The molecule has 0 atom stereocenters. The van der Waals surface area contributed by atoms with E-state index < -0.39 is 0 Å². The lowest BCUT2D eigenvalue weighted by molar-refractivity contribution is 0.754. The quantitative estimate of drug-likeness (QED) is 0.233. The Balaban J connectivity index is 1.72. The van der Waals surface area contributed by atoms with Gasteiger partial charge in [0.25, 0.3) is 0 Å². The zero-order chi connectivity index (χ0) is 21.6. The highest BCUT2D eigenvalue weighted by Gasteiger charge is 2.48. The summed E-state index contributed by atoms with van der Waals surface area (Å²) in [6.45, 7) is 0. The van der Waals surface area contributed by atoms with Crippen LogP contribution in [0.3, 0.4) is 0 Å². The summed E-state index contributed by atoms with van der Waals surface area (Å²) in [4.78, 5) is 0. The summed E-state index contributed by atoms with van der Waals surface area (Å²) in [5.41, 5.74) is 10.6. The van der Waals surface area contributed by atoms with Crippen molar-refractivity contribution in [3.8, 4) is 22.3 Å². The van der Waals surface area contributed by atoms with E-state index >= 15 is 0 Å². The summed E-state index contributed by atoms with van der Waals surface area (Å²) in [5.74, 6) is 0. The lowest BCUT2D eigenvalue weighted by Gasteiger charge is -2.45. The van der Waals surface area contributed by atoms with Gasteiger partial charge >= 0.3 is 0 Å². The molecule has 0 heterocycles. The molecule has 1 spiro atoms. The molecule has 8 rings (SSSR count). The third-order valence-corrected chi connectivity index (χ3v) is 7.86. The van der Waals surface area contributed by atoms with Crippen LogP contribution in [0, 0.1) is 0 Å². The van der Waals surface area contributed by atoms with Gasteiger partial charge in [-0.3, -0.25) is 0 Å². The number of fused-ring (bicyclic) bond motifs is 8. The van der Waals surface area contributed by atoms with Crippen LogP contribution in [0.5, 0.6) is 0 Å². The average Bonchev–Trinajstić information content (AvgIpc) is 2.89. The van der Waals surface area contributed by atoms with Crippen LogP contribution in [0.2, 0.25) is 0 Å². The zero-order valence-corrected chi connectivity index (χ0v) is 18.0. The van der Waals surface area contributed by atoms with Crippen molar-refractivity contribution in [2.24, 2.45) is 0 Å². The molecular weight excluding hydrogens is 396 g/mol. The fraction of sp³-hybridized carbons (Fsp3) is 0.0303. The second-order valence-electron chi connectivity index (χ2n) is 9.26. The Morgan fingerprint density at radius 1 is 0.303 bits per heavy atom. The highest BCUT2D eigenvalue weighted by Crippen LogP contribution is 2.60. The maximum absolute atomic E-state index is 2.37. The maximum Gasteiger partial charge on any atom is 0.0725 e. The molecular formula is C33H20. The molecule has 0 radical (unpaired) electrons. The second kappa shape index (κ2) is 5.99. The number of hydrogen-bond acceptors (Lipinski definition) is 0. The molecule has 0 N–H and O–H groups in total. The molecule has 0 bridgehead atoms. The van der Waals surface area contributed by atoms with Crippen LogP contribution < -0.4 is 0 Å². The van der Waals surface area contributed by atoms with Crippen LogP contribution in [-0.2, 0) is 5.41 Å². The van der Waals surface area contributed by atoms with Gasteiger partial charge in [0.05, 0.1) is 5.41 Å². The van der Waals surface area contributed by atoms with Gasteiger partial charge in [-0.2, -0.15) is 0 Å². The second-order valence-corrected chi connectivity index (χ2v) is 9.26. The first kappa shape index (κ1) is 17.4. The Labute approximate surface area is 192 Å². The van der Waals surface area contributed by atoms with Crippen molar-refractivity contribution in [1.29, 1.82) is 0 Å². The standard InChI is InChI=1S/C33H20/c1-3-17-27-23(13-1)25-15-5-9-21-11-7-19-29(31(21)25)33(27)28-18-4-2-14-24(28)26-16-6-10-22-12-8-20-30(33)32(22)26/h1-20H. The third kappa shape index (κ3) is 1.94. The molecule has 2 aliphatic carbocycles. The highest BCUT2D eigenvalue weighted by molar-refractivity contribution is 6.10. The van der Waals surface area contributed by atoms with Gasteiger partial charge in [-0.25, -0.2) is 0 Å². The average molecular weight is 417 g/mol. The zero-order valence-electron chi connectivity index (χ0n) is 18.0. The van der Waals surface area contributed by atoms with Crippen molar-refractivity contribution >= 4 is 21.5 Å². The van der Waals surface area contributed by atoms with Gasteiger partial charge in [-0.05, 0) is 66.1 Å². The third-order valence-electron chi connectivity index (χ3n) is 7.86. The Morgan fingerprint density at radius 3 is 1.15 bits per heavy atom. The molecule has 0 fully saturated rings. The van der Waals surface area contributed by atoms with Gasteiger partial charge in [-0.1, -0.05) is 121 Å². The fourth-order valence-corrected chi connectivity index (χ4v) is 6.72. The van der Waals surface area contributed by atoms with E-state index in [1.165, 1.54) is 66.1 Å². The monoisotopic (exact) mass is 416 g/mol. The molecule has 0 aliphatic heterocycles. The van der Waals surface area contributed by atoms with Crippen LogP contribution in [0.4, 0.5) is 0 Å². The lowest BCUT2D eigenvalue weighted by Crippen LogP contribution is -2.36. The smallest absolute Gasteiger partial charge is 0.0619 e. The largest absolute Gasteiger partial charge is 0.0725 e. The van der Waals surface area contributed by atoms with Crippen molar-refractivity contribution in [3.63, 3.8) is 0 Å². The van der Waals surface area contributed by atoms with Gasteiger partial charge in [0.2, 0.25) is 0 Å². The van der Waals surface area contributed by atoms with Crippen LogP contribution in [0.1, 0.15) is 22.3 Å². The molecule has 0 nitrogen and oxygen atoms in total. The summed E-state index contributed by atoms with van der Waals surface area (Å²) in [7, 11) is 0. The highest BCUT2D eigenvalue weighted by atomic mass is 14.5. The van der Waals surface area contributed by atoms with Crippen molar-refractivity contribution in [2.75, 3.05) is 0 Å².